The van der Waals surface area contributed by atoms with E-state index < -0.39 is 29.5 Å². The zero-order valence-electron chi connectivity index (χ0n) is 16.3. The predicted octanol–water partition coefficient (Wildman–Crippen LogP) is 2.86. The molecule has 0 saturated carbocycles. The minimum Gasteiger partial charge on any atom is -0.357 e. The molecule has 2 N–H and O–H groups in total. The van der Waals surface area contributed by atoms with Gasteiger partial charge in [-0.15, -0.1) is 0 Å². The van der Waals surface area contributed by atoms with Crippen molar-refractivity contribution in [2.75, 3.05) is 7.05 Å². The third-order valence-corrected chi connectivity index (χ3v) is 5.21. The van der Waals surface area contributed by atoms with Gasteiger partial charge < -0.3 is 10.6 Å². The van der Waals surface area contributed by atoms with Crippen LogP contribution >= 0.6 is 0 Å². The molecule has 2 aromatic carbocycles. The Hall–Kier alpha value is -3.55. The number of carbonyl (C=O) groups is 2. The molecule has 30 heavy (non-hydrogen) atoms. The molecule has 0 aliphatic heterocycles. The lowest BCUT2D eigenvalue weighted by atomic mass is 10.0. The average molecular weight is 410 g/mol. The van der Waals surface area contributed by atoms with Crippen molar-refractivity contribution in [1.82, 2.24) is 20.4 Å². The number of carbonyl (C=O) groups excluding carboxylic acids is 2. The summed E-state index contributed by atoms with van der Waals surface area (Å²) in [7, 11) is 1.41. The highest BCUT2D eigenvalue weighted by Crippen LogP contribution is 2.28. The molecule has 154 valence electrons. The van der Waals surface area contributed by atoms with Gasteiger partial charge in [-0.1, -0.05) is 24.3 Å². The maximum Gasteiger partial charge on any atom is 0.272 e. The van der Waals surface area contributed by atoms with Crippen LogP contribution in [0.4, 0.5) is 8.78 Å². The number of aromatic nitrogens is 2. The second-order valence-corrected chi connectivity index (χ2v) is 7.07. The van der Waals surface area contributed by atoms with Crippen LogP contribution < -0.4 is 10.6 Å². The number of amides is 2. The molecule has 0 saturated heterocycles. The molecule has 2 amide bonds. The van der Waals surface area contributed by atoms with E-state index in [4.69, 9.17) is 0 Å². The second kappa shape index (κ2) is 8.06. The number of nitrogens with one attached hydrogen (secondary N) is 2. The van der Waals surface area contributed by atoms with Crippen molar-refractivity contribution < 1.29 is 18.4 Å². The number of rotatable bonds is 5. The van der Waals surface area contributed by atoms with Gasteiger partial charge in [-0.3, -0.25) is 9.59 Å². The standard InChI is InChI=1S/C22H20F2N4O2/c1-25-21(29)19(13-10-11-16(23)17(24)12-13)26-22(30)20-15-8-5-9-18(15)28(27-20)14-6-3-2-4-7-14/h2-4,6-7,10-12,19H,5,8-9H2,1H3,(H,25,29)(H,26,30). The van der Waals surface area contributed by atoms with E-state index in [1.54, 1.807) is 4.68 Å². The van der Waals surface area contributed by atoms with Gasteiger partial charge in [0.05, 0.1) is 5.69 Å². The van der Waals surface area contributed by atoms with Crippen molar-refractivity contribution in [2.45, 2.75) is 25.3 Å². The maximum atomic E-state index is 13.7. The normalized spacial score (nSPS) is 13.6. The van der Waals surface area contributed by atoms with Gasteiger partial charge >= 0.3 is 0 Å². The quantitative estimate of drug-likeness (QED) is 0.679. The van der Waals surface area contributed by atoms with Gasteiger partial charge in [0.2, 0.25) is 5.91 Å². The summed E-state index contributed by atoms with van der Waals surface area (Å²) in [5.41, 5.74) is 3.04. The zero-order valence-corrected chi connectivity index (χ0v) is 16.3. The van der Waals surface area contributed by atoms with Gasteiger partial charge in [0.1, 0.15) is 6.04 Å². The van der Waals surface area contributed by atoms with Crippen LogP contribution in [-0.4, -0.2) is 28.6 Å². The Bertz CT molecular complexity index is 1110. The first-order chi connectivity index (χ1) is 14.5. The van der Waals surface area contributed by atoms with E-state index in [1.165, 1.54) is 13.1 Å². The van der Waals surface area contributed by atoms with Crippen LogP contribution in [0.3, 0.4) is 0 Å². The molecule has 0 spiro atoms. The van der Waals surface area contributed by atoms with Crippen LogP contribution in [0.15, 0.2) is 48.5 Å². The van der Waals surface area contributed by atoms with E-state index in [0.717, 1.165) is 41.9 Å². The van der Waals surface area contributed by atoms with Crippen molar-refractivity contribution in [1.29, 1.82) is 0 Å². The van der Waals surface area contributed by atoms with Crippen molar-refractivity contribution >= 4 is 11.8 Å². The number of halogens is 2. The fourth-order valence-corrected chi connectivity index (χ4v) is 3.74. The number of fused-ring (bicyclic) bond motifs is 1. The minimum absolute atomic E-state index is 0.140. The Kier molecular flexibility index (Phi) is 5.31. The molecule has 3 aromatic rings. The fraction of sp³-hybridized carbons (Fsp3) is 0.227. The highest BCUT2D eigenvalue weighted by molar-refractivity contribution is 5.98. The number of para-hydroxylation sites is 1. The topological polar surface area (TPSA) is 76.0 Å². The third-order valence-electron chi connectivity index (χ3n) is 5.21. The van der Waals surface area contributed by atoms with Crippen LogP contribution in [0.5, 0.6) is 0 Å². The largest absolute Gasteiger partial charge is 0.357 e. The molecule has 1 heterocycles. The van der Waals surface area contributed by atoms with Crippen LogP contribution in [0, 0.1) is 11.6 Å². The summed E-state index contributed by atoms with van der Waals surface area (Å²) in [6.07, 6.45) is 2.41. The lowest BCUT2D eigenvalue weighted by molar-refractivity contribution is -0.122. The summed E-state index contributed by atoms with van der Waals surface area (Å²) in [5.74, 6) is -3.21. The number of hydrogen-bond acceptors (Lipinski definition) is 3. The summed E-state index contributed by atoms with van der Waals surface area (Å²) in [5, 5.41) is 9.57. The number of benzene rings is 2. The third kappa shape index (κ3) is 3.56. The Morgan fingerprint density at radius 2 is 1.83 bits per heavy atom. The number of nitrogens with zero attached hydrogens (tertiary/aromatic N) is 2. The lowest BCUT2D eigenvalue weighted by Crippen LogP contribution is -2.39. The highest BCUT2D eigenvalue weighted by Gasteiger charge is 2.30. The molecular formula is C22H20F2N4O2. The van der Waals surface area contributed by atoms with Gasteiger partial charge in [-0.2, -0.15) is 5.10 Å². The van der Waals surface area contributed by atoms with E-state index in [1.807, 2.05) is 30.3 Å². The summed E-state index contributed by atoms with van der Waals surface area (Å²) < 4.78 is 28.8. The fourth-order valence-electron chi connectivity index (χ4n) is 3.74. The molecule has 8 heteroatoms. The molecule has 1 aliphatic carbocycles. The molecule has 0 radical (unpaired) electrons. The predicted molar refractivity (Wildman–Crippen MR) is 106 cm³/mol. The molecule has 6 nitrogen and oxygen atoms in total. The Labute approximate surface area is 171 Å². The van der Waals surface area contributed by atoms with Crippen LogP contribution in [0.1, 0.15) is 39.8 Å². The molecule has 1 unspecified atom stereocenters. The first-order valence-electron chi connectivity index (χ1n) is 9.63. The molecular weight excluding hydrogens is 390 g/mol. The highest BCUT2D eigenvalue weighted by atomic mass is 19.2. The van der Waals surface area contributed by atoms with Crippen molar-refractivity contribution in [3.8, 4) is 5.69 Å². The summed E-state index contributed by atoms with van der Waals surface area (Å²) in [6, 6.07) is 11.4. The SMILES string of the molecule is CNC(=O)C(NC(=O)c1nn(-c2ccccc2)c2c1CCC2)c1ccc(F)c(F)c1. The van der Waals surface area contributed by atoms with E-state index in [0.29, 0.717) is 6.42 Å². The van der Waals surface area contributed by atoms with Crippen LogP contribution in [0.2, 0.25) is 0 Å². The van der Waals surface area contributed by atoms with Gasteiger partial charge in [0.25, 0.3) is 5.91 Å². The van der Waals surface area contributed by atoms with Crippen molar-refractivity contribution in [2.24, 2.45) is 0 Å². The van der Waals surface area contributed by atoms with E-state index in [2.05, 4.69) is 15.7 Å². The lowest BCUT2D eigenvalue weighted by Gasteiger charge is -2.17. The Balaban J connectivity index is 1.68. The molecule has 0 fully saturated rings. The van der Waals surface area contributed by atoms with Gasteiger partial charge in [0.15, 0.2) is 17.3 Å². The van der Waals surface area contributed by atoms with Gasteiger partial charge in [-0.05, 0) is 49.1 Å². The average Bonchev–Trinajstić information content (AvgIpc) is 3.37. The number of likely N-dealkylation sites (N-methyl/N-ethyl adjacent to an activating group) is 1. The zero-order chi connectivity index (χ0) is 21.3. The van der Waals surface area contributed by atoms with Gasteiger partial charge in [0, 0.05) is 18.3 Å². The monoisotopic (exact) mass is 410 g/mol. The molecule has 4 rings (SSSR count). The van der Waals surface area contributed by atoms with Crippen molar-refractivity contribution in [3.63, 3.8) is 0 Å². The first-order valence-corrected chi connectivity index (χ1v) is 9.63. The smallest absolute Gasteiger partial charge is 0.272 e. The van der Waals surface area contributed by atoms with Crippen molar-refractivity contribution in [3.05, 3.63) is 82.7 Å². The number of hydrogen-bond donors (Lipinski definition) is 2. The van der Waals surface area contributed by atoms with E-state index >= 15 is 0 Å². The first kappa shape index (κ1) is 19.8. The summed E-state index contributed by atoms with van der Waals surface area (Å²) >= 11 is 0. The van der Waals surface area contributed by atoms with Crippen LogP contribution in [0.25, 0.3) is 5.69 Å². The Morgan fingerprint density at radius 1 is 1.07 bits per heavy atom. The summed E-state index contributed by atoms with van der Waals surface area (Å²) in [6.45, 7) is 0. The van der Waals surface area contributed by atoms with Gasteiger partial charge in [-0.25, -0.2) is 13.5 Å². The van der Waals surface area contributed by atoms with E-state index in [9.17, 15) is 18.4 Å². The molecule has 0 bridgehead atoms. The molecule has 1 aromatic heterocycles. The summed E-state index contributed by atoms with van der Waals surface area (Å²) in [4.78, 5) is 25.4. The molecule has 1 atom stereocenters. The molecule has 1 aliphatic rings. The Morgan fingerprint density at radius 3 is 2.53 bits per heavy atom. The maximum absolute atomic E-state index is 13.7. The minimum atomic E-state index is -1.18. The van der Waals surface area contributed by atoms with E-state index in [-0.39, 0.29) is 11.3 Å². The second-order valence-electron chi connectivity index (χ2n) is 7.07. The van der Waals surface area contributed by atoms with Crippen LogP contribution in [-0.2, 0) is 17.6 Å².